The highest BCUT2D eigenvalue weighted by Crippen LogP contribution is 2.04. The van der Waals surface area contributed by atoms with E-state index >= 15 is 0 Å². The summed E-state index contributed by atoms with van der Waals surface area (Å²) in [7, 11) is 0. The van der Waals surface area contributed by atoms with Gasteiger partial charge in [-0.15, -0.1) is 12.4 Å². The van der Waals surface area contributed by atoms with Crippen molar-refractivity contribution >= 4 is 18.3 Å². The number of nitrogens with zero attached hydrogens (tertiary/aromatic N) is 2. The monoisotopic (exact) mass is 282 g/mol. The summed E-state index contributed by atoms with van der Waals surface area (Å²) in [6, 6.07) is 5.08. The highest BCUT2D eigenvalue weighted by atomic mass is 35.5. The predicted octanol–water partition coefficient (Wildman–Crippen LogP) is 1.19. The van der Waals surface area contributed by atoms with E-state index in [0.717, 1.165) is 5.69 Å². The molecule has 3 N–H and O–H groups in total. The molecular weight excluding hydrogens is 268 g/mol. The molecule has 2 heterocycles. The zero-order valence-electron chi connectivity index (χ0n) is 10.4. The van der Waals surface area contributed by atoms with Crippen LogP contribution >= 0.6 is 12.4 Å². The Bertz CT molecular complexity index is 556. The summed E-state index contributed by atoms with van der Waals surface area (Å²) in [5.74, 6) is 0.426. The lowest BCUT2D eigenvalue weighted by molar-refractivity contribution is 0.0947. The van der Waals surface area contributed by atoms with E-state index in [1.54, 1.807) is 24.4 Å². The normalized spacial score (nSPS) is 9.79. The first-order valence-electron chi connectivity index (χ1n) is 5.54. The summed E-state index contributed by atoms with van der Waals surface area (Å²) in [5, 5.41) is 6.48. The van der Waals surface area contributed by atoms with E-state index in [4.69, 9.17) is 10.3 Å². The van der Waals surface area contributed by atoms with E-state index in [-0.39, 0.29) is 18.3 Å². The van der Waals surface area contributed by atoms with Crippen LogP contribution in [0.4, 0.5) is 0 Å². The number of nitrogens with one attached hydrogen (secondary N) is 1. The van der Waals surface area contributed by atoms with Gasteiger partial charge in [-0.1, -0.05) is 5.16 Å². The second-order valence-corrected chi connectivity index (χ2v) is 3.86. The molecule has 19 heavy (non-hydrogen) atoms. The Morgan fingerprint density at radius 1 is 1.47 bits per heavy atom. The van der Waals surface area contributed by atoms with E-state index < -0.39 is 0 Å². The molecule has 102 valence electrons. The van der Waals surface area contributed by atoms with Crippen molar-refractivity contribution < 1.29 is 9.32 Å². The fourth-order valence-electron chi connectivity index (χ4n) is 1.50. The Morgan fingerprint density at radius 2 is 2.26 bits per heavy atom. The molecule has 2 aromatic heterocycles. The van der Waals surface area contributed by atoms with E-state index in [9.17, 15) is 4.79 Å². The van der Waals surface area contributed by atoms with Gasteiger partial charge in [-0.3, -0.25) is 9.78 Å². The van der Waals surface area contributed by atoms with Crippen molar-refractivity contribution in [3.05, 3.63) is 47.1 Å². The van der Waals surface area contributed by atoms with Gasteiger partial charge in [-0.2, -0.15) is 0 Å². The fraction of sp³-hybridized carbons (Fsp3) is 0.250. The average Bonchev–Trinajstić information content (AvgIpc) is 2.82. The number of aryl methyl sites for hydroxylation is 1. The van der Waals surface area contributed by atoms with Crippen LogP contribution in [0.25, 0.3) is 0 Å². The number of pyridine rings is 1. The van der Waals surface area contributed by atoms with Crippen molar-refractivity contribution in [2.24, 2.45) is 5.73 Å². The third-order valence-corrected chi connectivity index (χ3v) is 2.39. The number of halogens is 1. The van der Waals surface area contributed by atoms with Gasteiger partial charge in [0.1, 0.15) is 0 Å². The third kappa shape index (κ3) is 4.04. The maximum Gasteiger partial charge on any atom is 0.251 e. The molecule has 0 radical (unpaired) electrons. The van der Waals surface area contributed by atoms with Crippen molar-refractivity contribution in [1.29, 1.82) is 0 Å². The molecule has 2 rings (SSSR count). The molecule has 0 aliphatic heterocycles. The van der Waals surface area contributed by atoms with Gasteiger partial charge in [-0.25, -0.2) is 0 Å². The van der Waals surface area contributed by atoms with Gasteiger partial charge in [0.2, 0.25) is 0 Å². The molecule has 0 spiro atoms. The summed E-state index contributed by atoms with van der Waals surface area (Å²) in [4.78, 5) is 15.9. The molecule has 0 fully saturated rings. The van der Waals surface area contributed by atoms with Crippen LogP contribution < -0.4 is 11.1 Å². The number of carbonyl (C=O) groups excluding carboxylic acids is 1. The minimum absolute atomic E-state index is 0. The van der Waals surface area contributed by atoms with E-state index in [2.05, 4.69) is 15.5 Å². The van der Waals surface area contributed by atoms with E-state index in [1.807, 2.05) is 6.92 Å². The molecule has 2 aromatic rings. The molecular formula is C12H15ClN4O2. The van der Waals surface area contributed by atoms with Gasteiger partial charge in [-0.05, 0) is 19.1 Å². The lowest BCUT2D eigenvalue weighted by Crippen LogP contribution is -2.22. The Balaban J connectivity index is 0.00000180. The smallest absolute Gasteiger partial charge is 0.251 e. The van der Waals surface area contributed by atoms with Crippen LogP contribution in [0.3, 0.4) is 0 Å². The summed E-state index contributed by atoms with van der Waals surface area (Å²) < 4.78 is 5.00. The number of carbonyl (C=O) groups is 1. The Labute approximate surface area is 116 Å². The Morgan fingerprint density at radius 3 is 2.89 bits per heavy atom. The number of amides is 1. The fourth-order valence-corrected chi connectivity index (χ4v) is 1.50. The molecule has 1 amide bonds. The second kappa shape index (κ2) is 6.86. The molecule has 0 aliphatic carbocycles. The van der Waals surface area contributed by atoms with Gasteiger partial charge >= 0.3 is 0 Å². The topological polar surface area (TPSA) is 94.0 Å². The van der Waals surface area contributed by atoms with Crippen LogP contribution in [0.2, 0.25) is 0 Å². The zero-order valence-corrected chi connectivity index (χ0v) is 11.2. The number of nitrogens with two attached hydrogens (primary N) is 1. The Kier molecular flexibility index (Phi) is 5.47. The quantitative estimate of drug-likeness (QED) is 0.878. The molecule has 7 heteroatoms. The van der Waals surface area contributed by atoms with Gasteiger partial charge in [0.05, 0.1) is 17.9 Å². The maximum atomic E-state index is 11.9. The zero-order chi connectivity index (χ0) is 13.0. The molecule has 0 atom stereocenters. The van der Waals surface area contributed by atoms with Crippen LogP contribution in [-0.2, 0) is 13.1 Å². The van der Waals surface area contributed by atoms with Gasteiger partial charge < -0.3 is 15.6 Å². The largest absolute Gasteiger partial charge is 0.359 e. The molecule has 0 unspecified atom stereocenters. The van der Waals surface area contributed by atoms with Gasteiger partial charge in [0.25, 0.3) is 5.91 Å². The molecule has 0 saturated carbocycles. The highest BCUT2D eigenvalue weighted by molar-refractivity contribution is 5.94. The third-order valence-electron chi connectivity index (χ3n) is 2.39. The summed E-state index contributed by atoms with van der Waals surface area (Å²) in [6.45, 7) is 2.44. The molecule has 0 aliphatic rings. The van der Waals surface area contributed by atoms with Gasteiger partial charge in [0, 0.05) is 24.4 Å². The lowest BCUT2D eigenvalue weighted by Gasteiger charge is -2.03. The maximum absolute atomic E-state index is 11.9. The number of hydrogen-bond donors (Lipinski definition) is 2. The highest BCUT2D eigenvalue weighted by Gasteiger charge is 2.08. The number of aromatic nitrogens is 2. The van der Waals surface area contributed by atoms with Crippen LogP contribution in [-0.4, -0.2) is 16.0 Å². The summed E-state index contributed by atoms with van der Waals surface area (Å²) >= 11 is 0. The number of hydrogen-bond acceptors (Lipinski definition) is 5. The van der Waals surface area contributed by atoms with Crippen LogP contribution in [0.15, 0.2) is 28.9 Å². The van der Waals surface area contributed by atoms with Crippen LogP contribution in [0, 0.1) is 6.92 Å². The van der Waals surface area contributed by atoms with Crippen LogP contribution in [0.5, 0.6) is 0 Å². The van der Waals surface area contributed by atoms with Crippen molar-refractivity contribution in [1.82, 2.24) is 15.5 Å². The Hall–Kier alpha value is -1.92. The van der Waals surface area contributed by atoms with E-state index in [0.29, 0.717) is 30.1 Å². The molecule has 0 bridgehead atoms. The summed E-state index contributed by atoms with van der Waals surface area (Å²) in [6.07, 6.45) is 1.57. The molecule has 6 nitrogen and oxygen atoms in total. The average molecular weight is 283 g/mol. The predicted molar refractivity (Wildman–Crippen MR) is 71.8 cm³/mol. The van der Waals surface area contributed by atoms with Gasteiger partial charge in [0.15, 0.2) is 5.76 Å². The van der Waals surface area contributed by atoms with Crippen molar-refractivity contribution in [3.8, 4) is 0 Å². The van der Waals surface area contributed by atoms with Crippen molar-refractivity contribution in [3.63, 3.8) is 0 Å². The number of rotatable bonds is 4. The lowest BCUT2D eigenvalue weighted by atomic mass is 10.2. The summed E-state index contributed by atoms with van der Waals surface area (Å²) in [5.41, 5.74) is 7.46. The first-order valence-corrected chi connectivity index (χ1v) is 5.54. The minimum Gasteiger partial charge on any atom is -0.359 e. The van der Waals surface area contributed by atoms with E-state index in [1.165, 1.54) is 0 Å². The SMILES string of the molecule is Cc1cc(CNC(=O)c2ccnc(CN)c2)on1.Cl. The minimum atomic E-state index is -0.193. The molecule has 0 saturated heterocycles. The van der Waals surface area contributed by atoms with Crippen molar-refractivity contribution in [2.45, 2.75) is 20.0 Å². The molecule has 0 aromatic carbocycles. The first-order chi connectivity index (χ1) is 8.69. The van der Waals surface area contributed by atoms with Crippen LogP contribution in [0.1, 0.15) is 27.5 Å². The van der Waals surface area contributed by atoms with Crippen molar-refractivity contribution in [2.75, 3.05) is 0 Å². The second-order valence-electron chi connectivity index (χ2n) is 3.86. The first kappa shape index (κ1) is 15.1. The standard InChI is InChI=1S/C12H14N4O2.ClH/c1-8-4-11(18-16-8)7-15-12(17)9-2-3-14-10(5-9)6-13;/h2-5H,6-7,13H2,1H3,(H,15,17);1H.